The molecule has 0 aromatic heterocycles. The number of rotatable bonds is 0. The monoisotopic (exact) mass is 152 g/mol. The molecule has 2 unspecified atom stereocenters. The minimum absolute atomic E-state index is 0.0167. The van der Waals surface area contributed by atoms with Crippen molar-refractivity contribution in [1.29, 1.82) is 0 Å². The van der Waals surface area contributed by atoms with Gasteiger partial charge in [0, 0.05) is 0 Å². The Morgan fingerprint density at radius 2 is 1.40 bits per heavy atom. The molecule has 0 saturated heterocycles. The summed E-state index contributed by atoms with van der Waals surface area (Å²) in [6.45, 7) is 1.74. The summed E-state index contributed by atoms with van der Waals surface area (Å²) >= 11 is 0. The lowest BCUT2D eigenvalue weighted by Gasteiger charge is -2.27. The average molecular weight is 152 g/mol. The van der Waals surface area contributed by atoms with Gasteiger partial charge in [-0.2, -0.15) is 0 Å². The highest BCUT2D eigenvalue weighted by Gasteiger charge is 2.36. The van der Waals surface area contributed by atoms with Crippen molar-refractivity contribution in [1.82, 2.24) is 0 Å². The predicted octanol–water partition coefficient (Wildman–Crippen LogP) is 2.43. The first-order chi connectivity index (χ1) is 4.61. The van der Waals surface area contributed by atoms with Crippen LogP contribution in [-0.4, -0.2) is 18.5 Å². The molecule has 1 saturated carbocycles. The number of hydrogen-bond donors (Lipinski definition) is 0. The third-order valence-electron chi connectivity index (χ3n) is 1.95. The second-order valence-electron chi connectivity index (χ2n) is 3.05. The second kappa shape index (κ2) is 2.81. The lowest BCUT2D eigenvalue weighted by Crippen LogP contribution is -2.36. The highest BCUT2D eigenvalue weighted by atomic mass is 19.2. The minimum Gasteiger partial charge on any atom is -0.244 e. The third-order valence-corrected chi connectivity index (χ3v) is 1.95. The van der Waals surface area contributed by atoms with Crippen molar-refractivity contribution in [3.8, 4) is 0 Å². The molecule has 0 aromatic rings. The molecule has 0 radical (unpaired) electrons. The number of halogens is 3. The van der Waals surface area contributed by atoms with Crippen molar-refractivity contribution in [2.45, 2.75) is 38.3 Å². The molecule has 10 heavy (non-hydrogen) atoms. The van der Waals surface area contributed by atoms with Gasteiger partial charge in [0.2, 0.25) is 0 Å². The zero-order chi connectivity index (χ0) is 7.72. The largest absolute Gasteiger partial charge is 0.244 e. The summed E-state index contributed by atoms with van der Waals surface area (Å²) in [5.74, 6) is -0.0167. The van der Waals surface area contributed by atoms with Crippen LogP contribution in [0.2, 0.25) is 0 Å². The molecule has 1 aliphatic rings. The van der Waals surface area contributed by atoms with E-state index < -0.39 is 18.5 Å². The van der Waals surface area contributed by atoms with E-state index in [4.69, 9.17) is 0 Å². The molecule has 1 fully saturated rings. The summed E-state index contributed by atoms with van der Waals surface area (Å²) in [5, 5.41) is 0. The van der Waals surface area contributed by atoms with Crippen LogP contribution < -0.4 is 0 Å². The Balaban J connectivity index is 2.49. The SMILES string of the molecule is CC1C[C@@H](F)C(F)[C@@H](F)C1. The van der Waals surface area contributed by atoms with Gasteiger partial charge in [-0.1, -0.05) is 6.92 Å². The van der Waals surface area contributed by atoms with E-state index in [-0.39, 0.29) is 18.8 Å². The maximum atomic E-state index is 12.5. The lowest BCUT2D eigenvalue weighted by molar-refractivity contribution is 0.0222. The van der Waals surface area contributed by atoms with Crippen molar-refractivity contribution >= 4 is 0 Å². The van der Waals surface area contributed by atoms with Crippen molar-refractivity contribution < 1.29 is 13.2 Å². The molecule has 0 heterocycles. The van der Waals surface area contributed by atoms with Gasteiger partial charge >= 0.3 is 0 Å². The van der Waals surface area contributed by atoms with Gasteiger partial charge < -0.3 is 0 Å². The zero-order valence-corrected chi connectivity index (χ0v) is 5.86. The fourth-order valence-corrected chi connectivity index (χ4v) is 1.35. The molecule has 0 nitrogen and oxygen atoms in total. The molecule has 3 heteroatoms. The van der Waals surface area contributed by atoms with Crippen molar-refractivity contribution in [3.05, 3.63) is 0 Å². The number of hydrogen-bond acceptors (Lipinski definition) is 0. The summed E-state index contributed by atoms with van der Waals surface area (Å²) in [7, 11) is 0. The van der Waals surface area contributed by atoms with E-state index >= 15 is 0 Å². The summed E-state index contributed by atoms with van der Waals surface area (Å²) < 4.78 is 37.3. The summed E-state index contributed by atoms with van der Waals surface area (Å²) in [6.07, 6.45) is -4.71. The van der Waals surface area contributed by atoms with Gasteiger partial charge in [-0.05, 0) is 18.8 Å². The average Bonchev–Trinajstić information content (AvgIpc) is 1.82. The Labute approximate surface area is 58.4 Å². The maximum Gasteiger partial charge on any atom is 0.162 e. The van der Waals surface area contributed by atoms with E-state index in [2.05, 4.69) is 0 Å². The molecule has 1 rings (SSSR count). The van der Waals surface area contributed by atoms with Crippen LogP contribution in [0.15, 0.2) is 0 Å². The van der Waals surface area contributed by atoms with Gasteiger partial charge in [0.25, 0.3) is 0 Å². The van der Waals surface area contributed by atoms with Crippen LogP contribution in [-0.2, 0) is 0 Å². The highest BCUT2D eigenvalue weighted by Crippen LogP contribution is 2.30. The van der Waals surface area contributed by atoms with E-state index in [0.29, 0.717) is 0 Å². The molecule has 0 bridgehead atoms. The Bertz CT molecular complexity index is 103. The van der Waals surface area contributed by atoms with E-state index in [1.54, 1.807) is 6.92 Å². The van der Waals surface area contributed by atoms with Crippen LogP contribution in [0.3, 0.4) is 0 Å². The second-order valence-corrected chi connectivity index (χ2v) is 3.05. The lowest BCUT2D eigenvalue weighted by atomic mass is 9.87. The quantitative estimate of drug-likeness (QED) is 0.500. The normalized spacial score (nSPS) is 49.2. The van der Waals surface area contributed by atoms with Crippen LogP contribution in [0.25, 0.3) is 0 Å². The zero-order valence-electron chi connectivity index (χ0n) is 5.86. The van der Waals surface area contributed by atoms with Gasteiger partial charge in [0.1, 0.15) is 12.3 Å². The van der Waals surface area contributed by atoms with Crippen LogP contribution in [0, 0.1) is 5.92 Å². The first-order valence-electron chi connectivity index (χ1n) is 3.53. The Morgan fingerprint density at radius 3 is 1.80 bits per heavy atom. The molecule has 1 aliphatic carbocycles. The van der Waals surface area contributed by atoms with E-state index in [1.165, 1.54) is 0 Å². The summed E-state index contributed by atoms with van der Waals surface area (Å²) in [5.41, 5.74) is 0. The summed E-state index contributed by atoms with van der Waals surface area (Å²) in [6, 6.07) is 0. The van der Waals surface area contributed by atoms with Crippen molar-refractivity contribution in [2.75, 3.05) is 0 Å². The number of alkyl halides is 3. The van der Waals surface area contributed by atoms with Crippen LogP contribution in [0.4, 0.5) is 13.2 Å². The van der Waals surface area contributed by atoms with Gasteiger partial charge in [-0.25, -0.2) is 13.2 Å². The van der Waals surface area contributed by atoms with Gasteiger partial charge in [0.05, 0.1) is 0 Å². The standard InChI is InChI=1S/C7H11F3/c1-4-2-5(8)7(10)6(9)3-4/h4-7H,2-3H2,1H3/t4?,5-,6+,7?. The highest BCUT2D eigenvalue weighted by molar-refractivity contribution is 4.84. The molecular weight excluding hydrogens is 141 g/mol. The minimum atomic E-state index is -1.88. The van der Waals surface area contributed by atoms with Crippen molar-refractivity contribution in [3.63, 3.8) is 0 Å². The van der Waals surface area contributed by atoms with Crippen molar-refractivity contribution in [2.24, 2.45) is 5.92 Å². The molecule has 0 aromatic carbocycles. The molecule has 60 valence electrons. The first kappa shape index (κ1) is 7.89. The van der Waals surface area contributed by atoms with Crippen LogP contribution in [0.5, 0.6) is 0 Å². The maximum absolute atomic E-state index is 12.5. The van der Waals surface area contributed by atoms with E-state index in [1.807, 2.05) is 0 Å². The molecule has 0 amide bonds. The molecule has 0 N–H and O–H groups in total. The smallest absolute Gasteiger partial charge is 0.162 e. The molecular formula is C7H11F3. The van der Waals surface area contributed by atoms with E-state index in [9.17, 15) is 13.2 Å². The van der Waals surface area contributed by atoms with Gasteiger partial charge in [-0.3, -0.25) is 0 Å². The first-order valence-corrected chi connectivity index (χ1v) is 3.53. The Kier molecular flexibility index (Phi) is 2.21. The fraction of sp³-hybridized carbons (Fsp3) is 1.00. The molecule has 4 atom stereocenters. The Hall–Kier alpha value is -0.210. The fourth-order valence-electron chi connectivity index (χ4n) is 1.35. The molecule has 0 spiro atoms. The van der Waals surface area contributed by atoms with Gasteiger partial charge in [0.15, 0.2) is 6.17 Å². The predicted molar refractivity (Wildman–Crippen MR) is 33.1 cm³/mol. The van der Waals surface area contributed by atoms with Crippen LogP contribution in [0.1, 0.15) is 19.8 Å². The van der Waals surface area contributed by atoms with Gasteiger partial charge in [-0.15, -0.1) is 0 Å². The topological polar surface area (TPSA) is 0 Å². The van der Waals surface area contributed by atoms with E-state index in [0.717, 1.165) is 0 Å². The van der Waals surface area contributed by atoms with Crippen LogP contribution >= 0.6 is 0 Å². The Morgan fingerprint density at radius 1 is 1.00 bits per heavy atom. The summed E-state index contributed by atoms with van der Waals surface area (Å²) in [4.78, 5) is 0. The molecule has 0 aliphatic heterocycles. The third kappa shape index (κ3) is 1.44.